The molecule has 7 nitrogen and oxygen atoms in total. The van der Waals surface area contributed by atoms with Crippen molar-refractivity contribution >= 4 is 18.0 Å². The predicted octanol–water partition coefficient (Wildman–Crippen LogP) is 3.87. The van der Waals surface area contributed by atoms with Gasteiger partial charge < -0.3 is 20.1 Å². The average molecular weight is 463 g/mol. The van der Waals surface area contributed by atoms with Gasteiger partial charge in [-0.2, -0.15) is 0 Å². The van der Waals surface area contributed by atoms with Crippen LogP contribution in [0.15, 0.2) is 48.5 Å². The summed E-state index contributed by atoms with van der Waals surface area (Å²) in [4.78, 5) is 37.9. The Kier molecular flexibility index (Phi) is 5.80. The Balaban J connectivity index is 1.15. The Hall–Kier alpha value is -3.35. The molecule has 3 aliphatic rings. The minimum Gasteiger partial charge on any atom is -0.480 e. The van der Waals surface area contributed by atoms with E-state index in [2.05, 4.69) is 29.6 Å². The maximum atomic E-state index is 12.7. The number of likely N-dealkylation sites (N-methyl/N-ethyl adjacent to an activating group) is 1. The van der Waals surface area contributed by atoms with Crippen molar-refractivity contribution in [2.75, 3.05) is 13.7 Å². The van der Waals surface area contributed by atoms with Crippen LogP contribution in [0.2, 0.25) is 0 Å². The third-order valence-corrected chi connectivity index (χ3v) is 8.11. The highest BCUT2D eigenvalue weighted by Gasteiger charge is 2.50. The highest BCUT2D eigenvalue weighted by Crippen LogP contribution is 2.50. The largest absolute Gasteiger partial charge is 0.480 e. The first-order valence-electron chi connectivity index (χ1n) is 12.0. The van der Waals surface area contributed by atoms with E-state index in [1.165, 1.54) is 34.1 Å². The van der Waals surface area contributed by atoms with E-state index in [0.717, 1.165) is 12.8 Å². The van der Waals surface area contributed by atoms with Crippen LogP contribution in [0.5, 0.6) is 0 Å². The van der Waals surface area contributed by atoms with Gasteiger partial charge in [-0.25, -0.2) is 9.59 Å². The van der Waals surface area contributed by atoms with Crippen LogP contribution in [-0.2, 0) is 14.3 Å². The number of carboxylic acids is 1. The van der Waals surface area contributed by atoms with Crippen molar-refractivity contribution in [2.24, 2.45) is 17.8 Å². The minimum absolute atomic E-state index is 0.000605. The van der Waals surface area contributed by atoms with Crippen LogP contribution < -0.4 is 5.32 Å². The van der Waals surface area contributed by atoms with Crippen molar-refractivity contribution < 1.29 is 24.2 Å². The standard InChI is InChI=1S/C27H30N2O5/c1-15(26(31)32)29(2)25(30)17-11-16-13-24(22(16)12-17)28-27(33)34-14-23-20-9-5-3-7-18(20)19-8-4-6-10-21(19)23/h3-10,15-17,22-24H,11-14H2,1-2H3,(H,28,33)(H,31,32)/t15-,16?,17?,22?,24?/m0/s1. The fourth-order valence-electron chi connectivity index (χ4n) is 6.03. The molecule has 2 saturated carbocycles. The lowest BCUT2D eigenvalue weighted by atomic mass is 9.71. The van der Waals surface area contributed by atoms with Crippen LogP contribution in [0.3, 0.4) is 0 Å². The van der Waals surface area contributed by atoms with Gasteiger partial charge in [-0.3, -0.25) is 4.79 Å². The van der Waals surface area contributed by atoms with Gasteiger partial charge in [0.2, 0.25) is 5.91 Å². The fraction of sp³-hybridized carbons (Fsp3) is 0.444. The summed E-state index contributed by atoms with van der Waals surface area (Å²) in [5.74, 6) is -0.663. The van der Waals surface area contributed by atoms with Gasteiger partial charge in [0.1, 0.15) is 12.6 Å². The number of fused-ring (bicyclic) bond motifs is 4. The van der Waals surface area contributed by atoms with Crippen LogP contribution in [-0.4, -0.2) is 53.7 Å². The van der Waals surface area contributed by atoms with Gasteiger partial charge >= 0.3 is 12.1 Å². The van der Waals surface area contributed by atoms with Crippen molar-refractivity contribution in [3.63, 3.8) is 0 Å². The maximum Gasteiger partial charge on any atom is 0.407 e. The zero-order valence-corrected chi connectivity index (χ0v) is 19.4. The summed E-state index contributed by atoms with van der Waals surface area (Å²) in [7, 11) is 1.55. The first-order chi connectivity index (χ1) is 16.3. The first kappa shape index (κ1) is 22.4. The summed E-state index contributed by atoms with van der Waals surface area (Å²) in [6.07, 6.45) is 1.84. The Morgan fingerprint density at radius 2 is 1.65 bits per heavy atom. The predicted molar refractivity (Wildman–Crippen MR) is 126 cm³/mol. The van der Waals surface area contributed by atoms with Gasteiger partial charge in [-0.05, 0) is 60.3 Å². The lowest BCUT2D eigenvalue weighted by Crippen LogP contribution is -2.50. The highest BCUT2D eigenvalue weighted by atomic mass is 16.5. The number of amides is 2. The van der Waals surface area contributed by atoms with E-state index in [1.54, 1.807) is 7.05 Å². The molecule has 4 unspecified atom stereocenters. The summed E-state index contributed by atoms with van der Waals surface area (Å²) in [5, 5.41) is 12.2. The summed E-state index contributed by atoms with van der Waals surface area (Å²) in [5.41, 5.74) is 4.74. The normalized spacial score (nSPS) is 25.4. The number of ether oxygens (including phenoxy) is 1. The number of rotatable bonds is 6. The number of hydrogen-bond donors (Lipinski definition) is 2. The molecule has 0 heterocycles. The van der Waals surface area contributed by atoms with Gasteiger partial charge in [-0.15, -0.1) is 0 Å². The smallest absolute Gasteiger partial charge is 0.407 e. The first-order valence-corrected chi connectivity index (χ1v) is 12.0. The molecule has 178 valence electrons. The molecule has 0 radical (unpaired) electrons. The van der Waals surface area contributed by atoms with E-state index < -0.39 is 18.1 Å². The lowest BCUT2D eigenvalue weighted by Gasteiger charge is -2.40. The highest BCUT2D eigenvalue weighted by molar-refractivity contribution is 5.85. The molecule has 5 rings (SSSR count). The number of benzene rings is 2. The summed E-state index contributed by atoms with van der Waals surface area (Å²) >= 11 is 0. The van der Waals surface area contributed by atoms with E-state index in [9.17, 15) is 19.5 Å². The molecule has 0 bridgehead atoms. The molecule has 5 atom stereocenters. The van der Waals surface area contributed by atoms with Crippen LogP contribution >= 0.6 is 0 Å². The Morgan fingerprint density at radius 1 is 1.03 bits per heavy atom. The second-order valence-corrected chi connectivity index (χ2v) is 9.87. The van der Waals surface area contributed by atoms with E-state index in [0.29, 0.717) is 12.3 Å². The summed E-state index contributed by atoms with van der Waals surface area (Å²) in [6, 6.07) is 15.6. The Morgan fingerprint density at radius 3 is 2.26 bits per heavy atom. The zero-order chi connectivity index (χ0) is 24.0. The second kappa shape index (κ2) is 8.78. The topological polar surface area (TPSA) is 95.9 Å². The summed E-state index contributed by atoms with van der Waals surface area (Å²) in [6.45, 7) is 1.80. The molecule has 2 amide bonds. The van der Waals surface area contributed by atoms with Gasteiger partial charge in [0.05, 0.1) is 0 Å². The van der Waals surface area contributed by atoms with Crippen molar-refractivity contribution in [1.82, 2.24) is 10.2 Å². The molecule has 7 heteroatoms. The van der Waals surface area contributed by atoms with Crippen molar-refractivity contribution in [3.8, 4) is 11.1 Å². The molecule has 0 aromatic heterocycles. The number of nitrogens with one attached hydrogen (secondary N) is 1. The number of carbonyl (C=O) groups excluding carboxylic acids is 2. The van der Waals surface area contributed by atoms with E-state index >= 15 is 0 Å². The molecular formula is C27H30N2O5. The van der Waals surface area contributed by atoms with Crippen LogP contribution in [0, 0.1) is 17.8 Å². The van der Waals surface area contributed by atoms with Gasteiger partial charge in [0.15, 0.2) is 0 Å². The van der Waals surface area contributed by atoms with Crippen LogP contribution in [0.1, 0.15) is 43.2 Å². The Bertz CT molecular complexity index is 1090. The van der Waals surface area contributed by atoms with Crippen LogP contribution in [0.25, 0.3) is 11.1 Å². The summed E-state index contributed by atoms with van der Waals surface area (Å²) < 4.78 is 5.67. The van der Waals surface area contributed by atoms with Crippen LogP contribution in [0.4, 0.5) is 4.79 Å². The van der Waals surface area contributed by atoms with Crippen molar-refractivity contribution in [1.29, 1.82) is 0 Å². The molecule has 2 N–H and O–H groups in total. The minimum atomic E-state index is -1.01. The van der Waals surface area contributed by atoms with Gasteiger partial charge in [0.25, 0.3) is 0 Å². The molecule has 0 saturated heterocycles. The molecule has 0 aliphatic heterocycles. The number of carboxylic acid groups (broad SMARTS) is 1. The lowest BCUT2D eigenvalue weighted by molar-refractivity contribution is -0.149. The number of hydrogen-bond acceptors (Lipinski definition) is 4. The molecule has 3 aliphatic carbocycles. The monoisotopic (exact) mass is 462 g/mol. The van der Waals surface area contributed by atoms with E-state index in [-0.39, 0.29) is 36.3 Å². The number of alkyl carbamates (subject to hydrolysis) is 1. The maximum absolute atomic E-state index is 12.7. The number of carbonyl (C=O) groups is 3. The number of nitrogens with zero attached hydrogens (tertiary/aromatic N) is 1. The third-order valence-electron chi connectivity index (χ3n) is 8.11. The van der Waals surface area contributed by atoms with E-state index in [1.807, 2.05) is 24.3 Å². The zero-order valence-electron chi connectivity index (χ0n) is 19.4. The second-order valence-electron chi connectivity index (χ2n) is 9.87. The number of aliphatic carboxylic acids is 1. The van der Waals surface area contributed by atoms with Crippen molar-refractivity contribution in [2.45, 2.75) is 44.2 Å². The molecule has 34 heavy (non-hydrogen) atoms. The SMILES string of the molecule is C[C@@H](C(=O)O)N(C)C(=O)C1CC2CC(NC(=O)OCC3c4ccccc4-c4ccccc43)C2C1. The van der Waals surface area contributed by atoms with E-state index in [4.69, 9.17) is 4.74 Å². The van der Waals surface area contributed by atoms with Crippen molar-refractivity contribution in [3.05, 3.63) is 59.7 Å². The average Bonchev–Trinajstić information content (AvgIpc) is 3.34. The molecule has 2 aromatic carbocycles. The molecule has 2 fully saturated rings. The van der Waals surface area contributed by atoms with Gasteiger partial charge in [0, 0.05) is 24.9 Å². The quantitative estimate of drug-likeness (QED) is 0.679. The Labute approximate surface area is 199 Å². The van der Waals surface area contributed by atoms with Gasteiger partial charge in [-0.1, -0.05) is 48.5 Å². The third kappa shape index (κ3) is 3.83. The molecule has 2 aromatic rings. The fourth-order valence-corrected chi connectivity index (χ4v) is 6.03. The molecular weight excluding hydrogens is 432 g/mol. The molecule has 0 spiro atoms.